The molecule has 0 aliphatic heterocycles. The summed E-state index contributed by atoms with van der Waals surface area (Å²) in [7, 11) is 0. The molecule has 0 aliphatic rings. The van der Waals surface area contributed by atoms with Gasteiger partial charge in [-0.15, -0.1) is 0 Å². The molecule has 0 radical (unpaired) electrons. The summed E-state index contributed by atoms with van der Waals surface area (Å²) in [5.74, 6) is -0.809. The summed E-state index contributed by atoms with van der Waals surface area (Å²) in [4.78, 5) is 35.7. The number of amides is 2. The number of ether oxygens (including phenoxy) is 1. The molecule has 2 aromatic carbocycles. The number of hydrogen-bond acceptors (Lipinski definition) is 4. The number of anilines is 1. The van der Waals surface area contributed by atoms with Crippen LogP contribution in [-0.4, -0.2) is 30.9 Å². The standard InChI is InChI=1S/C21H24N2O4/c1-3-13-27-21(26)16-7-9-18(10-8-16)23-19(24)11-12-22-20(25)17-6-4-5-15(2)14-17/h4-10,14H,3,11-13H2,1-2H3,(H,22,25)(H,23,24). The minimum atomic E-state index is -0.381. The highest BCUT2D eigenvalue weighted by atomic mass is 16.5. The van der Waals surface area contributed by atoms with Crippen molar-refractivity contribution in [3.63, 3.8) is 0 Å². The van der Waals surface area contributed by atoms with Gasteiger partial charge in [-0.1, -0.05) is 24.6 Å². The van der Waals surface area contributed by atoms with Crippen LogP contribution in [0.1, 0.15) is 46.0 Å². The minimum Gasteiger partial charge on any atom is -0.462 e. The van der Waals surface area contributed by atoms with E-state index in [4.69, 9.17) is 4.74 Å². The van der Waals surface area contributed by atoms with Gasteiger partial charge in [-0.2, -0.15) is 0 Å². The average molecular weight is 368 g/mol. The summed E-state index contributed by atoms with van der Waals surface area (Å²) in [6, 6.07) is 13.8. The lowest BCUT2D eigenvalue weighted by atomic mass is 10.1. The minimum absolute atomic E-state index is 0.151. The first-order valence-electron chi connectivity index (χ1n) is 8.91. The fourth-order valence-corrected chi connectivity index (χ4v) is 2.37. The smallest absolute Gasteiger partial charge is 0.338 e. The predicted octanol–water partition coefficient (Wildman–Crippen LogP) is 3.32. The molecule has 6 heteroatoms. The molecule has 6 nitrogen and oxygen atoms in total. The van der Waals surface area contributed by atoms with Crippen LogP contribution in [0.15, 0.2) is 48.5 Å². The van der Waals surface area contributed by atoms with Crippen LogP contribution in [0.3, 0.4) is 0 Å². The Labute approximate surface area is 158 Å². The monoisotopic (exact) mass is 368 g/mol. The summed E-state index contributed by atoms with van der Waals surface area (Å²) in [5, 5.41) is 5.46. The van der Waals surface area contributed by atoms with Crippen LogP contribution in [0.5, 0.6) is 0 Å². The summed E-state index contributed by atoms with van der Waals surface area (Å²) in [6.07, 6.45) is 0.915. The largest absolute Gasteiger partial charge is 0.462 e. The van der Waals surface area contributed by atoms with Gasteiger partial charge in [0.2, 0.25) is 5.91 Å². The van der Waals surface area contributed by atoms with Crippen LogP contribution < -0.4 is 10.6 Å². The maximum Gasteiger partial charge on any atom is 0.338 e. The Balaban J connectivity index is 1.77. The zero-order valence-corrected chi connectivity index (χ0v) is 15.6. The quantitative estimate of drug-likeness (QED) is 0.700. The molecule has 0 spiro atoms. The lowest BCUT2D eigenvalue weighted by Gasteiger charge is -2.08. The Morgan fingerprint density at radius 3 is 2.41 bits per heavy atom. The third-order valence-corrected chi connectivity index (χ3v) is 3.76. The Morgan fingerprint density at radius 1 is 1.00 bits per heavy atom. The van der Waals surface area contributed by atoms with Crippen molar-refractivity contribution in [3.05, 3.63) is 65.2 Å². The maximum absolute atomic E-state index is 12.0. The molecule has 2 aromatic rings. The van der Waals surface area contributed by atoms with E-state index in [0.717, 1.165) is 12.0 Å². The Kier molecular flexibility index (Phi) is 7.55. The average Bonchev–Trinajstić information content (AvgIpc) is 2.66. The van der Waals surface area contributed by atoms with Crippen molar-refractivity contribution < 1.29 is 19.1 Å². The summed E-state index contributed by atoms with van der Waals surface area (Å²) in [5.41, 5.74) is 2.59. The second-order valence-electron chi connectivity index (χ2n) is 6.14. The molecule has 0 heterocycles. The number of benzene rings is 2. The first kappa shape index (κ1) is 20.2. The Morgan fingerprint density at radius 2 is 1.74 bits per heavy atom. The van der Waals surface area contributed by atoms with Gasteiger partial charge in [0.05, 0.1) is 12.2 Å². The molecule has 27 heavy (non-hydrogen) atoms. The molecule has 0 aliphatic carbocycles. The van der Waals surface area contributed by atoms with E-state index in [-0.39, 0.29) is 30.7 Å². The van der Waals surface area contributed by atoms with Gasteiger partial charge in [-0.3, -0.25) is 9.59 Å². The van der Waals surface area contributed by atoms with Crippen molar-refractivity contribution in [3.8, 4) is 0 Å². The fraction of sp³-hybridized carbons (Fsp3) is 0.286. The molecule has 2 N–H and O–H groups in total. The van der Waals surface area contributed by atoms with E-state index in [2.05, 4.69) is 10.6 Å². The van der Waals surface area contributed by atoms with Crippen molar-refractivity contribution in [1.82, 2.24) is 5.32 Å². The van der Waals surface area contributed by atoms with Crippen molar-refractivity contribution >= 4 is 23.5 Å². The van der Waals surface area contributed by atoms with Crippen LogP contribution in [0.25, 0.3) is 0 Å². The number of aryl methyl sites for hydroxylation is 1. The highest BCUT2D eigenvalue weighted by Gasteiger charge is 2.09. The molecule has 0 atom stereocenters. The third-order valence-electron chi connectivity index (χ3n) is 3.76. The highest BCUT2D eigenvalue weighted by molar-refractivity contribution is 5.95. The topological polar surface area (TPSA) is 84.5 Å². The summed E-state index contributed by atoms with van der Waals surface area (Å²) < 4.78 is 5.05. The van der Waals surface area contributed by atoms with E-state index in [0.29, 0.717) is 23.4 Å². The fourth-order valence-electron chi connectivity index (χ4n) is 2.37. The summed E-state index contributed by atoms with van der Waals surface area (Å²) in [6.45, 7) is 4.46. The predicted molar refractivity (Wildman–Crippen MR) is 104 cm³/mol. The van der Waals surface area contributed by atoms with Gasteiger partial charge in [0.25, 0.3) is 5.91 Å². The normalized spacial score (nSPS) is 10.1. The van der Waals surface area contributed by atoms with Gasteiger partial charge in [-0.25, -0.2) is 4.79 Å². The zero-order chi connectivity index (χ0) is 19.6. The van der Waals surface area contributed by atoms with E-state index >= 15 is 0 Å². The molecule has 0 aromatic heterocycles. The van der Waals surface area contributed by atoms with Gasteiger partial charge >= 0.3 is 5.97 Å². The molecule has 2 rings (SSSR count). The van der Waals surface area contributed by atoms with Crippen molar-refractivity contribution in [1.29, 1.82) is 0 Å². The molecule has 2 amide bonds. The van der Waals surface area contributed by atoms with E-state index in [9.17, 15) is 14.4 Å². The number of carbonyl (C=O) groups is 3. The highest BCUT2D eigenvalue weighted by Crippen LogP contribution is 2.11. The van der Waals surface area contributed by atoms with Gasteiger partial charge in [0.1, 0.15) is 0 Å². The Hall–Kier alpha value is -3.15. The number of esters is 1. The molecular weight excluding hydrogens is 344 g/mol. The van der Waals surface area contributed by atoms with Crippen LogP contribution in [0.2, 0.25) is 0 Å². The van der Waals surface area contributed by atoms with Crippen molar-refractivity contribution in [2.75, 3.05) is 18.5 Å². The zero-order valence-electron chi connectivity index (χ0n) is 15.6. The Bertz CT molecular complexity index is 800. The molecule has 0 saturated heterocycles. The SMILES string of the molecule is CCCOC(=O)c1ccc(NC(=O)CCNC(=O)c2cccc(C)c2)cc1. The van der Waals surface area contributed by atoms with Crippen LogP contribution in [0, 0.1) is 6.92 Å². The van der Waals surface area contributed by atoms with Gasteiger partial charge in [-0.05, 0) is 49.7 Å². The van der Waals surface area contributed by atoms with Crippen molar-refractivity contribution in [2.45, 2.75) is 26.7 Å². The molecule has 142 valence electrons. The number of nitrogens with one attached hydrogen (secondary N) is 2. The van der Waals surface area contributed by atoms with Gasteiger partial charge in [0, 0.05) is 24.2 Å². The molecule has 0 fully saturated rings. The van der Waals surface area contributed by atoms with Crippen LogP contribution in [0.4, 0.5) is 5.69 Å². The van der Waals surface area contributed by atoms with E-state index in [1.807, 2.05) is 26.0 Å². The molecular formula is C21H24N2O4. The van der Waals surface area contributed by atoms with E-state index < -0.39 is 0 Å². The second kappa shape index (κ2) is 10.1. The van der Waals surface area contributed by atoms with Gasteiger partial charge in [0.15, 0.2) is 0 Å². The maximum atomic E-state index is 12.0. The molecule has 0 unspecified atom stereocenters. The number of carbonyl (C=O) groups excluding carboxylic acids is 3. The first-order chi connectivity index (χ1) is 13.0. The van der Waals surface area contributed by atoms with Crippen molar-refractivity contribution in [2.24, 2.45) is 0 Å². The van der Waals surface area contributed by atoms with Crippen LogP contribution >= 0.6 is 0 Å². The molecule has 0 bridgehead atoms. The first-order valence-corrected chi connectivity index (χ1v) is 8.91. The number of rotatable bonds is 8. The lowest BCUT2D eigenvalue weighted by molar-refractivity contribution is -0.116. The molecule has 0 saturated carbocycles. The number of hydrogen-bond donors (Lipinski definition) is 2. The van der Waals surface area contributed by atoms with Crippen LogP contribution in [-0.2, 0) is 9.53 Å². The van der Waals surface area contributed by atoms with E-state index in [1.165, 1.54) is 0 Å². The second-order valence-corrected chi connectivity index (χ2v) is 6.14. The van der Waals surface area contributed by atoms with E-state index in [1.54, 1.807) is 36.4 Å². The van der Waals surface area contributed by atoms with Gasteiger partial charge < -0.3 is 15.4 Å². The lowest BCUT2D eigenvalue weighted by Crippen LogP contribution is -2.27. The summed E-state index contributed by atoms with van der Waals surface area (Å²) >= 11 is 0. The third kappa shape index (κ3) is 6.58.